The highest BCUT2D eigenvalue weighted by atomic mass is 32.1. The van der Waals surface area contributed by atoms with E-state index in [0.717, 1.165) is 11.3 Å². The van der Waals surface area contributed by atoms with E-state index in [1.165, 1.54) is 150 Å². The molecule has 0 unspecified atom stereocenters. The SMILES string of the molecule is CCCCCCCCCCNCCCCCCCCCC.O=C(O)c1ccc2nc(Nc3nc4ccc(OC(F)(F)F)cc4s3)n(S)c2c1. The molecule has 2 heterocycles. The summed E-state index contributed by atoms with van der Waals surface area (Å²) >= 11 is 5.43. The molecule has 2 aromatic heterocycles. The van der Waals surface area contributed by atoms with Gasteiger partial charge >= 0.3 is 12.3 Å². The Kier molecular flexibility index (Phi) is 18.1. The third kappa shape index (κ3) is 15.2. The predicted molar refractivity (Wildman–Crippen MR) is 199 cm³/mol. The highest BCUT2D eigenvalue weighted by Crippen LogP contribution is 2.33. The van der Waals surface area contributed by atoms with E-state index in [2.05, 4.69) is 52.0 Å². The number of unbranched alkanes of at least 4 members (excludes halogenated alkanes) is 14. The number of hydrogen-bond acceptors (Lipinski definition) is 8. The van der Waals surface area contributed by atoms with Crippen molar-refractivity contribution in [1.29, 1.82) is 0 Å². The van der Waals surface area contributed by atoms with Crippen LogP contribution in [0, 0.1) is 0 Å². The third-order valence-corrected chi connectivity index (χ3v) is 9.44. The number of thiazole rings is 1. The van der Waals surface area contributed by atoms with Gasteiger partial charge in [0.25, 0.3) is 0 Å². The minimum atomic E-state index is -4.77. The average molecular weight is 724 g/mol. The van der Waals surface area contributed by atoms with Gasteiger partial charge in [0.2, 0.25) is 5.95 Å². The minimum absolute atomic E-state index is 0.0893. The number of aromatic nitrogens is 3. The van der Waals surface area contributed by atoms with Gasteiger partial charge in [0.05, 0.1) is 26.8 Å². The molecule has 0 radical (unpaired) electrons. The molecular weight excluding hydrogens is 672 g/mol. The summed E-state index contributed by atoms with van der Waals surface area (Å²) in [6.07, 6.45) is 18.1. The number of carboxylic acid groups (broad SMARTS) is 1. The van der Waals surface area contributed by atoms with E-state index >= 15 is 0 Å². The topological polar surface area (TPSA) is 101 Å². The smallest absolute Gasteiger partial charge is 0.478 e. The molecule has 49 heavy (non-hydrogen) atoms. The summed E-state index contributed by atoms with van der Waals surface area (Å²) in [5.74, 6) is -1.13. The summed E-state index contributed by atoms with van der Waals surface area (Å²) < 4.78 is 42.8. The Balaban J connectivity index is 0.000000279. The number of thiol groups is 1. The molecule has 0 aliphatic heterocycles. The Morgan fingerprint density at radius 3 is 1.92 bits per heavy atom. The first-order chi connectivity index (χ1) is 23.6. The maximum Gasteiger partial charge on any atom is 0.573 e. The van der Waals surface area contributed by atoms with Crippen molar-refractivity contribution in [3.05, 3.63) is 42.0 Å². The molecule has 0 bridgehead atoms. The largest absolute Gasteiger partial charge is 0.573 e. The second-order valence-corrected chi connectivity index (χ2v) is 13.7. The number of fused-ring (bicyclic) bond motifs is 2. The highest BCUT2D eigenvalue weighted by Gasteiger charge is 2.31. The predicted octanol–water partition coefficient (Wildman–Crippen LogP) is 11.5. The molecule has 4 aromatic rings. The van der Waals surface area contributed by atoms with E-state index in [-0.39, 0.29) is 17.3 Å². The fourth-order valence-corrected chi connectivity index (χ4v) is 6.56. The van der Waals surface area contributed by atoms with Gasteiger partial charge in [-0.3, -0.25) is 3.97 Å². The molecule has 0 spiro atoms. The van der Waals surface area contributed by atoms with Crippen molar-refractivity contribution in [2.24, 2.45) is 0 Å². The summed E-state index contributed by atoms with van der Waals surface area (Å²) in [6.45, 7) is 7.06. The van der Waals surface area contributed by atoms with Gasteiger partial charge in [-0.15, -0.1) is 13.2 Å². The van der Waals surface area contributed by atoms with Gasteiger partial charge in [0.15, 0.2) is 5.13 Å². The highest BCUT2D eigenvalue weighted by molar-refractivity contribution is 7.79. The number of halogens is 3. The zero-order valence-electron chi connectivity index (χ0n) is 28.8. The number of aromatic carboxylic acids is 1. The summed E-state index contributed by atoms with van der Waals surface area (Å²) in [5.41, 5.74) is 1.57. The first kappa shape index (κ1) is 40.4. The molecule has 0 atom stereocenters. The summed E-state index contributed by atoms with van der Waals surface area (Å²) in [4.78, 5) is 19.7. The van der Waals surface area contributed by atoms with Crippen molar-refractivity contribution >= 4 is 62.5 Å². The van der Waals surface area contributed by atoms with Gasteiger partial charge < -0.3 is 20.5 Å². The fraction of sp³-hybridized carbons (Fsp3) is 0.583. The summed E-state index contributed by atoms with van der Waals surface area (Å²) in [7, 11) is 0. The van der Waals surface area contributed by atoms with E-state index in [1.54, 1.807) is 6.07 Å². The lowest BCUT2D eigenvalue weighted by Crippen LogP contribution is -2.16. The second kappa shape index (κ2) is 21.9. The van der Waals surface area contributed by atoms with Crippen LogP contribution < -0.4 is 15.4 Å². The van der Waals surface area contributed by atoms with Crippen molar-refractivity contribution in [2.75, 3.05) is 18.4 Å². The van der Waals surface area contributed by atoms with Gasteiger partial charge in [-0.05, 0) is 56.3 Å². The molecule has 0 saturated carbocycles. The van der Waals surface area contributed by atoms with Crippen molar-refractivity contribution in [3.63, 3.8) is 0 Å². The Morgan fingerprint density at radius 2 is 1.37 bits per heavy atom. The van der Waals surface area contributed by atoms with Crippen molar-refractivity contribution in [2.45, 2.75) is 123 Å². The molecule has 0 saturated heterocycles. The lowest BCUT2D eigenvalue weighted by molar-refractivity contribution is -0.274. The van der Waals surface area contributed by atoms with Crippen molar-refractivity contribution in [3.8, 4) is 5.75 Å². The normalized spacial score (nSPS) is 11.6. The van der Waals surface area contributed by atoms with Gasteiger partial charge in [0, 0.05) is 6.07 Å². The number of imidazole rings is 1. The van der Waals surface area contributed by atoms with Gasteiger partial charge in [-0.25, -0.2) is 14.8 Å². The summed E-state index contributed by atoms with van der Waals surface area (Å²) in [5, 5.41) is 16.0. The minimum Gasteiger partial charge on any atom is -0.478 e. The van der Waals surface area contributed by atoms with Crippen molar-refractivity contribution < 1.29 is 27.8 Å². The van der Waals surface area contributed by atoms with E-state index in [0.29, 0.717) is 26.4 Å². The Hall–Kier alpha value is -3.03. The second-order valence-electron chi connectivity index (χ2n) is 12.3. The van der Waals surface area contributed by atoms with Crippen LogP contribution in [0.4, 0.5) is 24.3 Å². The number of rotatable bonds is 22. The maximum atomic E-state index is 12.4. The fourth-order valence-electron chi connectivity index (χ4n) is 5.42. The molecule has 0 fully saturated rings. The van der Waals surface area contributed by atoms with Crippen LogP contribution in [0.3, 0.4) is 0 Å². The Morgan fingerprint density at radius 1 is 0.816 bits per heavy atom. The standard InChI is InChI=1S/C20H43N.C16H9F3N4O3S2/c1-3-5-7-9-11-13-15-17-19-21-20-18-16-14-12-10-8-6-4-2;17-16(18,19)26-8-2-4-10-12(6-8)28-15(21-10)22-14-20-9-3-1-7(13(24)25)5-11(9)23(14)27/h21H,3-20H2,1-2H3;1-6,27H,(H,24,25)(H,20,21,22). The van der Waals surface area contributed by atoms with E-state index < -0.39 is 12.3 Å². The molecule has 0 amide bonds. The van der Waals surface area contributed by atoms with Crippen LogP contribution in [0.15, 0.2) is 36.4 Å². The zero-order valence-corrected chi connectivity index (χ0v) is 30.5. The number of carbonyl (C=O) groups is 1. The molecule has 272 valence electrons. The van der Waals surface area contributed by atoms with Crippen LogP contribution in [-0.2, 0) is 0 Å². The van der Waals surface area contributed by atoms with E-state index in [4.69, 9.17) is 5.11 Å². The maximum absolute atomic E-state index is 12.4. The number of alkyl halides is 3. The van der Waals surface area contributed by atoms with Gasteiger partial charge in [-0.2, -0.15) is 0 Å². The number of benzene rings is 2. The molecule has 2 aromatic carbocycles. The number of nitrogens with zero attached hydrogens (tertiary/aromatic N) is 3. The van der Waals surface area contributed by atoms with Crippen LogP contribution in [-0.4, -0.2) is 44.5 Å². The monoisotopic (exact) mass is 723 g/mol. The Labute approximate surface area is 297 Å². The number of hydrogen-bond donors (Lipinski definition) is 4. The number of anilines is 2. The molecule has 3 N–H and O–H groups in total. The lowest BCUT2D eigenvalue weighted by atomic mass is 10.1. The van der Waals surface area contributed by atoms with Gasteiger partial charge in [-0.1, -0.05) is 128 Å². The van der Waals surface area contributed by atoms with E-state index in [1.807, 2.05) is 0 Å². The van der Waals surface area contributed by atoms with Crippen molar-refractivity contribution in [1.82, 2.24) is 19.3 Å². The van der Waals surface area contributed by atoms with Crippen LogP contribution in [0.1, 0.15) is 127 Å². The molecular formula is C36H52F3N5O3S2. The molecule has 13 heteroatoms. The first-order valence-electron chi connectivity index (χ1n) is 17.7. The van der Waals surface area contributed by atoms with E-state index in [9.17, 15) is 18.0 Å². The Bertz CT molecular complexity index is 1530. The molecule has 0 aliphatic rings. The van der Waals surface area contributed by atoms with Crippen LogP contribution in [0.5, 0.6) is 5.75 Å². The van der Waals surface area contributed by atoms with Crippen LogP contribution in [0.2, 0.25) is 0 Å². The van der Waals surface area contributed by atoms with Crippen LogP contribution >= 0.6 is 24.2 Å². The summed E-state index contributed by atoms with van der Waals surface area (Å²) in [6, 6.07) is 8.25. The molecule has 0 aliphatic carbocycles. The third-order valence-electron chi connectivity index (χ3n) is 8.10. The van der Waals surface area contributed by atoms with Crippen LogP contribution in [0.25, 0.3) is 21.3 Å². The number of ether oxygens (including phenoxy) is 1. The average Bonchev–Trinajstić information content (AvgIpc) is 3.60. The quantitative estimate of drug-likeness (QED) is 0.0473. The van der Waals surface area contributed by atoms with Gasteiger partial charge in [0.1, 0.15) is 5.75 Å². The molecule has 4 rings (SSSR count). The number of carboxylic acids is 1. The zero-order chi connectivity index (χ0) is 35.5. The first-order valence-corrected chi connectivity index (χ1v) is 18.9. The molecule has 8 nitrogen and oxygen atoms in total. The number of nitrogens with one attached hydrogen (secondary N) is 2. The lowest BCUT2D eigenvalue weighted by Gasteiger charge is -2.07.